The molecule has 0 atom stereocenters. The van der Waals surface area contributed by atoms with Crippen LogP contribution in [0.2, 0.25) is 0 Å². The van der Waals surface area contributed by atoms with Crippen molar-refractivity contribution in [3.63, 3.8) is 0 Å². The smallest absolute Gasteiger partial charge is 0.367 e. The standard InChI is InChI=1S/C17H17FN2O3S/c1-23-17(22)15-19-9-14(24-15)16(21)20(13-6-3-7-13)10-11-4-2-5-12(18)8-11/h2,4-5,8-9,13H,3,6-7,10H2,1H3. The summed E-state index contributed by atoms with van der Waals surface area (Å²) in [5.74, 6) is -1.06. The van der Waals surface area contributed by atoms with Crippen molar-refractivity contribution >= 4 is 23.2 Å². The van der Waals surface area contributed by atoms with Gasteiger partial charge < -0.3 is 9.64 Å². The van der Waals surface area contributed by atoms with Crippen LogP contribution in [0.5, 0.6) is 0 Å². The molecule has 1 saturated carbocycles. The predicted octanol–water partition coefficient (Wildman–Crippen LogP) is 3.26. The zero-order valence-electron chi connectivity index (χ0n) is 13.2. The second kappa shape index (κ2) is 7.09. The van der Waals surface area contributed by atoms with E-state index in [9.17, 15) is 14.0 Å². The number of nitrogens with zero attached hydrogens (tertiary/aromatic N) is 2. The van der Waals surface area contributed by atoms with Crippen molar-refractivity contribution in [2.24, 2.45) is 0 Å². The van der Waals surface area contributed by atoms with Crippen molar-refractivity contribution in [2.75, 3.05) is 7.11 Å². The summed E-state index contributed by atoms with van der Waals surface area (Å²) in [6.07, 6.45) is 4.34. The van der Waals surface area contributed by atoms with Crippen molar-refractivity contribution < 1.29 is 18.7 Å². The second-order valence-electron chi connectivity index (χ2n) is 5.67. The molecule has 3 rings (SSSR count). The van der Waals surface area contributed by atoms with Crippen molar-refractivity contribution in [3.05, 3.63) is 51.7 Å². The maximum Gasteiger partial charge on any atom is 0.367 e. The average molecular weight is 348 g/mol. The van der Waals surface area contributed by atoms with Gasteiger partial charge >= 0.3 is 5.97 Å². The summed E-state index contributed by atoms with van der Waals surface area (Å²) in [6.45, 7) is 0.340. The van der Waals surface area contributed by atoms with Crippen LogP contribution in [0.3, 0.4) is 0 Å². The van der Waals surface area contributed by atoms with Gasteiger partial charge in [0.2, 0.25) is 5.01 Å². The fourth-order valence-corrected chi connectivity index (χ4v) is 3.38. The Labute approximate surface area is 143 Å². The first-order valence-electron chi connectivity index (χ1n) is 7.68. The first kappa shape index (κ1) is 16.6. The van der Waals surface area contributed by atoms with Gasteiger partial charge in [-0.1, -0.05) is 12.1 Å². The van der Waals surface area contributed by atoms with Gasteiger partial charge in [-0.05, 0) is 37.0 Å². The fourth-order valence-electron chi connectivity index (χ4n) is 2.59. The molecule has 0 N–H and O–H groups in total. The zero-order valence-corrected chi connectivity index (χ0v) is 14.0. The molecule has 5 nitrogen and oxygen atoms in total. The molecular formula is C17H17FN2O3S. The minimum Gasteiger partial charge on any atom is -0.464 e. The van der Waals surface area contributed by atoms with Gasteiger partial charge in [-0.3, -0.25) is 4.79 Å². The quantitative estimate of drug-likeness (QED) is 0.778. The summed E-state index contributed by atoms with van der Waals surface area (Å²) in [4.78, 5) is 30.4. The van der Waals surface area contributed by atoms with E-state index < -0.39 is 5.97 Å². The lowest BCUT2D eigenvalue weighted by Gasteiger charge is -2.37. The molecule has 1 aliphatic carbocycles. The molecule has 1 aliphatic rings. The van der Waals surface area contributed by atoms with Crippen LogP contribution in [0.25, 0.3) is 0 Å². The lowest BCUT2D eigenvalue weighted by molar-refractivity contribution is 0.0560. The molecule has 2 aromatic rings. The number of benzene rings is 1. The van der Waals surface area contributed by atoms with Gasteiger partial charge in [0, 0.05) is 12.6 Å². The van der Waals surface area contributed by atoms with E-state index in [1.54, 1.807) is 17.0 Å². The largest absolute Gasteiger partial charge is 0.464 e. The molecule has 0 unspecified atom stereocenters. The number of rotatable bonds is 5. The molecule has 1 fully saturated rings. The monoisotopic (exact) mass is 348 g/mol. The maximum atomic E-state index is 13.4. The van der Waals surface area contributed by atoms with Gasteiger partial charge in [-0.15, -0.1) is 11.3 Å². The lowest BCUT2D eigenvalue weighted by Crippen LogP contribution is -2.43. The normalized spacial score (nSPS) is 14.1. The highest BCUT2D eigenvalue weighted by Crippen LogP contribution is 2.29. The molecule has 126 valence electrons. The van der Waals surface area contributed by atoms with Crippen LogP contribution in [0.1, 0.15) is 44.3 Å². The Kier molecular flexibility index (Phi) is 4.89. The highest BCUT2D eigenvalue weighted by molar-refractivity contribution is 7.15. The Bertz CT molecular complexity index is 758. The number of aromatic nitrogens is 1. The van der Waals surface area contributed by atoms with Gasteiger partial charge in [-0.2, -0.15) is 0 Å². The predicted molar refractivity (Wildman–Crippen MR) is 87.4 cm³/mol. The first-order valence-corrected chi connectivity index (χ1v) is 8.49. The van der Waals surface area contributed by atoms with Crippen LogP contribution in [0, 0.1) is 5.82 Å². The molecule has 1 aromatic carbocycles. The number of hydrogen-bond donors (Lipinski definition) is 0. The average Bonchev–Trinajstić information content (AvgIpc) is 3.01. The van der Waals surface area contributed by atoms with Gasteiger partial charge in [-0.25, -0.2) is 14.2 Å². The summed E-state index contributed by atoms with van der Waals surface area (Å²) in [5, 5.41) is 0.153. The van der Waals surface area contributed by atoms with E-state index in [0.717, 1.165) is 36.2 Å². The minimum atomic E-state index is -0.556. The number of thiazole rings is 1. The molecule has 0 radical (unpaired) electrons. The van der Waals surface area contributed by atoms with Crippen LogP contribution in [0.15, 0.2) is 30.5 Å². The Morgan fingerprint density at radius 2 is 2.21 bits per heavy atom. The van der Waals surface area contributed by atoms with E-state index >= 15 is 0 Å². The molecular weight excluding hydrogens is 331 g/mol. The summed E-state index contributed by atoms with van der Waals surface area (Å²) < 4.78 is 18.0. The topological polar surface area (TPSA) is 59.5 Å². The van der Waals surface area contributed by atoms with Gasteiger partial charge in [0.05, 0.1) is 13.3 Å². The van der Waals surface area contributed by atoms with Crippen molar-refractivity contribution in [3.8, 4) is 0 Å². The Hall–Kier alpha value is -2.28. The molecule has 0 aliphatic heterocycles. The number of methoxy groups -OCH3 is 1. The van der Waals surface area contributed by atoms with Gasteiger partial charge in [0.1, 0.15) is 10.7 Å². The number of hydrogen-bond acceptors (Lipinski definition) is 5. The third kappa shape index (κ3) is 3.46. The van der Waals surface area contributed by atoms with Crippen LogP contribution in [-0.4, -0.2) is 34.9 Å². The molecule has 7 heteroatoms. The van der Waals surface area contributed by atoms with Crippen molar-refractivity contribution in [1.82, 2.24) is 9.88 Å². The van der Waals surface area contributed by atoms with Gasteiger partial charge in [0.25, 0.3) is 5.91 Å². The van der Waals surface area contributed by atoms with Crippen molar-refractivity contribution in [2.45, 2.75) is 31.8 Å². The third-order valence-electron chi connectivity index (χ3n) is 4.09. The SMILES string of the molecule is COC(=O)c1ncc(C(=O)N(Cc2cccc(F)c2)C2CCC2)s1. The summed E-state index contributed by atoms with van der Waals surface area (Å²) in [7, 11) is 1.27. The number of amides is 1. The Morgan fingerprint density at radius 3 is 2.83 bits per heavy atom. The Morgan fingerprint density at radius 1 is 1.42 bits per heavy atom. The number of carbonyl (C=O) groups is 2. The van der Waals surface area contributed by atoms with Crippen LogP contribution < -0.4 is 0 Å². The minimum absolute atomic E-state index is 0.143. The molecule has 1 heterocycles. The summed E-state index contributed by atoms with van der Waals surface area (Å²) in [6, 6.07) is 6.39. The number of esters is 1. The molecule has 24 heavy (non-hydrogen) atoms. The highest BCUT2D eigenvalue weighted by Gasteiger charge is 2.31. The van der Waals surface area contributed by atoms with E-state index in [-0.39, 0.29) is 22.8 Å². The fraction of sp³-hybridized carbons (Fsp3) is 0.353. The number of carbonyl (C=O) groups excluding carboxylic acids is 2. The second-order valence-corrected chi connectivity index (χ2v) is 6.70. The Balaban J connectivity index is 1.81. The van der Waals surface area contributed by atoms with E-state index in [2.05, 4.69) is 9.72 Å². The summed E-state index contributed by atoms with van der Waals surface area (Å²) >= 11 is 1.02. The third-order valence-corrected chi connectivity index (χ3v) is 5.06. The molecule has 0 spiro atoms. The highest BCUT2D eigenvalue weighted by atomic mass is 32.1. The number of halogens is 1. The lowest BCUT2D eigenvalue weighted by atomic mass is 9.91. The van der Waals surface area contributed by atoms with E-state index in [1.807, 2.05) is 0 Å². The van der Waals surface area contributed by atoms with Gasteiger partial charge in [0.15, 0.2) is 0 Å². The molecule has 0 saturated heterocycles. The van der Waals surface area contributed by atoms with Crippen LogP contribution in [0.4, 0.5) is 4.39 Å². The van der Waals surface area contributed by atoms with Crippen molar-refractivity contribution in [1.29, 1.82) is 0 Å². The molecule has 1 amide bonds. The van der Waals surface area contributed by atoms with Crippen LogP contribution >= 0.6 is 11.3 Å². The zero-order chi connectivity index (χ0) is 17.1. The number of ether oxygens (including phenoxy) is 1. The van der Waals surface area contributed by atoms with E-state index in [1.165, 1.54) is 25.4 Å². The van der Waals surface area contributed by atoms with E-state index in [4.69, 9.17) is 0 Å². The molecule has 1 aromatic heterocycles. The first-order chi connectivity index (χ1) is 11.6. The summed E-state index contributed by atoms with van der Waals surface area (Å²) in [5.41, 5.74) is 0.743. The maximum absolute atomic E-state index is 13.4. The van der Waals surface area contributed by atoms with E-state index in [0.29, 0.717) is 11.4 Å². The molecule has 0 bridgehead atoms. The van der Waals surface area contributed by atoms with Crippen LogP contribution in [-0.2, 0) is 11.3 Å².